The Morgan fingerprint density at radius 3 is 2.88 bits per heavy atom. The smallest absolute Gasteiger partial charge is 0.345 e. The Hall–Kier alpha value is -2.05. The highest BCUT2D eigenvalue weighted by atomic mass is 35.5. The van der Waals surface area contributed by atoms with Gasteiger partial charge < -0.3 is 14.6 Å². The second kappa shape index (κ2) is 7.89. The number of likely N-dealkylation sites (N-methyl/N-ethyl adjacent to an activating group) is 1. The summed E-state index contributed by atoms with van der Waals surface area (Å²) in [7, 11) is 1.35. The zero-order valence-electron chi connectivity index (χ0n) is 14.4. The zero-order chi connectivity index (χ0) is 17.8. The van der Waals surface area contributed by atoms with E-state index < -0.39 is 5.97 Å². The zero-order valence-corrected chi connectivity index (χ0v) is 15.2. The van der Waals surface area contributed by atoms with Gasteiger partial charge in [-0.2, -0.15) is 0 Å². The Morgan fingerprint density at radius 2 is 2.20 bits per heavy atom. The van der Waals surface area contributed by atoms with Gasteiger partial charge in [0.25, 0.3) is 0 Å². The summed E-state index contributed by atoms with van der Waals surface area (Å²) in [5, 5.41) is 7.93. The van der Waals surface area contributed by atoms with Crippen LogP contribution in [0.5, 0.6) is 0 Å². The monoisotopic (exact) mass is 363 g/mol. The summed E-state index contributed by atoms with van der Waals surface area (Å²) in [6.07, 6.45) is 2.32. The fourth-order valence-electron chi connectivity index (χ4n) is 3.26. The summed E-state index contributed by atoms with van der Waals surface area (Å²) in [5.74, 6) is -0.132. The first-order valence-electron chi connectivity index (χ1n) is 8.45. The van der Waals surface area contributed by atoms with Crippen LogP contribution in [0.2, 0.25) is 5.02 Å². The van der Waals surface area contributed by atoms with E-state index in [0.717, 1.165) is 25.1 Å². The molecule has 25 heavy (non-hydrogen) atoms. The van der Waals surface area contributed by atoms with Crippen molar-refractivity contribution < 1.29 is 14.1 Å². The van der Waals surface area contributed by atoms with Gasteiger partial charge in [-0.1, -0.05) is 35.8 Å². The Labute approximate surface area is 152 Å². The molecule has 0 amide bonds. The molecule has 6 nitrogen and oxygen atoms in total. The normalized spacial score (nSPS) is 17.6. The second-order valence-corrected chi connectivity index (χ2v) is 6.48. The van der Waals surface area contributed by atoms with Crippen LogP contribution < -0.4 is 5.32 Å². The Bertz CT molecular complexity index is 730. The highest BCUT2D eigenvalue weighted by Gasteiger charge is 2.27. The topological polar surface area (TPSA) is 67.6 Å². The predicted octanol–water partition coefficient (Wildman–Crippen LogP) is 3.68. The van der Waals surface area contributed by atoms with Crippen LogP contribution in [0.25, 0.3) is 11.3 Å². The number of likely N-dealkylation sites (tertiary alicyclic amines) is 1. The highest BCUT2D eigenvalue weighted by molar-refractivity contribution is 6.30. The number of methoxy groups -OCH3 is 1. The highest BCUT2D eigenvalue weighted by Crippen LogP contribution is 2.30. The molecule has 1 N–H and O–H groups in total. The van der Waals surface area contributed by atoms with Gasteiger partial charge in [-0.05, 0) is 38.1 Å². The Morgan fingerprint density at radius 1 is 1.44 bits per heavy atom. The lowest BCUT2D eigenvalue weighted by atomic mass is 10.1. The van der Waals surface area contributed by atoms with E-state index in [9.17, 15) is 4.79 Å². The number of hydrogen-bond donors (Lipinski definition) is 1. The van der Waals surface area contributed by atoms with Crippen LogP contribution in [0.1, 0.15) is 30.1 Å². The fourth-order valence-corrected chi connectivity index (χ4v) is 3.39. The van der Waals surface area contributed by atoms with Gasteiger partial charge >= 0.3 is 5.97 Å². The van der Waals surface area contributed by atoms with Crippen molar-refractivity contribution in [1.29, 1.82) is 0 Å². The molecule has 1 aromatic heterocycles. The van der Waals surface area contributed by atoms with E-state index >= 15 is 0 Å². The number of ether oxygens (including phenoxy) is 1. The molecule has 1 atom stereocenters. The molecule has 0 saturated carbocycles. The van der Waals surface area contributed by atoms with E-state index in [2.05, 4.69) is 22.3 Å². The number of rotatable bonds is 6. The molecule has 1 unspecified atom stereocenters. The summed E-state index contributed by atoms with van der Waals surface area (Å²) in [6.45, 7) is 4.99. The Kier molecular flexibility index (Phi) is 5.60. The van der Waals surface area contributed by atoms with Gasteiger partial charge in [0, 0.05) is 23.2 Å². The van der Waals surface area contributed by atoms with Crippen LogP contribution in [0, 0.1) is 0 Å². The lowest BCUT2D eigenvalue weighted by Gasteiger charge is -2.22. The lowest BCUT2D eigenvalue weighted by Crippen LogP contribution is -2.34. The summed E-state index contributed by atoms with van der Waals surface area (Å²) in [5.41, 5.74) is 1.51. The number of carbonyl (C=O) groups excluding carboxylic acids is 1. The van der Waals surface area contributed by atoms with Crippen molar-refractivity contribution in [1.82, 2.24) is 10.1 Å². The van der Waals surface area contributed by atoms with Gasteiger partial charge in [0.2, 0.25) is 5.88 Å². The molecule has 1 aromatic carbocycles. The third-order valence-corrected chi connectivity index (χ3v) is 4.85. The summed E-state index contributed by atoms with van der Waals surface area (Å²) in [6, 6.07) is 7.52. The summed E-state index contributed by atoms with van der Waals surface area (Å²) in [4.78, 5) is 14.7. The van der Waals surface area contributed by atoms with Crippen molar-refractivity contribution in [3.63, 3.8) is 0 Å². The standard InChI is InChI=1S/C18H22ClN3O3/c1-3-22-10-4-5-14(22)11-20-17-15(18(23)24-2)16(21-25-17)12-6-8-13(19)9-7-12/h6-9,14,20H,3-5,10-11H2,1-2H3. The molecular weight excluding hydrogens is 342 g/mol. The van der Waals surface area contributed by atoms with Crippen LogP contribution in [-0.2, 0) is 4.74 Å². The van der Waals surface area contributed by atoms with E-state index in [0.29, 0.717) is 34.8 Å². The van der Waals surface area contributed by atoms with Crippen LogP contribution >= 0.6 is 11.6 Å². The Balaban J connectivity index is 1.84. The summed E-state index contributed by atoms with van der Waals surface area (Å²) < 4.78 is 10.3. The molecule has 134 valence electrons. The van der Waals surface area contributed by atoms with E-state index in [1.807, 2.05) is 0 Å². The molecule has 0 aliphatic carbocycles. The van der Waals surface area contributed by atoms with E-state index in [4.69, 9.17) is 20.9 Å². The van der Waals surface area contributed by atoms with Crippen molar-refractivity contribution in [2.75, 3.05) is 32.1 Å². The molecule has 0 bridgehead atoms. The summed E-state index contributed by atoms with van der Waals surface area (Å²) >= 11 is 5.93. The molecule has 7 heteroatoms. The van der Waals surface area contributed by atoms with Crippen molar-refractivity contribution >= 4 is 23.5 Å². The van der Waals surface area contributed by atoms with Crippen molar-refractivity contribution in [2.24, 2.45) is 0 Å². The number of hydrogen-bond acceptors (Lipinski definition) is 6. The van der Waals surface area contributed by atoms with Gasteiger partial charge in [-0.25, -0.2) is 4.79 Å². The van der Waals surface area contributed by atoms with E-state index in [1.54, 1.807) is 24.3 Å². The maximum atomic E-state index is 12.3. The third kappa shape index (κ3) is 3.80. The van der Waals surface area contributed by atoms with Gasteiger partial charge in [-0.3, -0.25) is 4.90 Å². The van der Waals surface area contributed by atoms with Crippen LogP contribution in [0.3, 0.4) is 0 Å². The minimum absolute atomic E-state index is 0.311. The van der Waals surface area contributed by atoms with E-state index in [-0.39, 0.29) is 0 Å². The SMILES string of the molecule is CCN1CCCC1CNc1onc(-c2ccc(Cl)cc2)c1C(=O)OC. The fraction of sp³-hybridized carbons (Fsp3) is 0.444. The maximum Gasteiger partial charge on any atom is 0.345 e. The minimum Gasteiger partial charge on any atom is -0.465 e. The number of anilines is 1. The van der Waals surface area contributed by atoms with Crippen molar-refractivity contribution in [3.05, 3.63) is 34.9 Å². The first-order valence-corrected chi connectivity index (χ1v) is 8.83. The number of aromatic nitrogens is 1. The lowest BCUT2D eigenvalue weighted by molar-refractivity contribution is 0.0602. The maximum absolute atomic E-state index is 12.3. The van der Waals surface area contributed by atoms with Crippen LogP contribution in [0.4, 0.5) is 5.88 Å². The van der Waals surface area contributed by atoms with Crippen LogP contribution in [-0.4, -0.2) is 48.8 Å². The molecule has 1 aliphatic heterocycles. The first kappa shape index (κ1) is 17.8. The number of carbonyl (C=O) groups is 1. The average molecular weight is 364 g/mol. The van der Waals surface area contributed by atoms with Crippen molar-refractivity contribution in [3.8, 4) is 11.3 Å². The largest absolute Gasteiger partial charge is 0.465 e. The first-order chi connectivity index (χ1) is 12.1. The number of esters is 1. The number of nitrogens with one attached hydrogen (secondary N) is 1. The quantitative estimate of drug-likeness (QED) is 0.790. The van der Waals surface area contributed by atoms with Gasteiger partial charge in [0.05, 0.1) is 7.11 Å². The van der Waals surface area contributed by atoms with Gasteiger partial charge in [0.15, 0.2) is 5.56 Å². The van der Waals surface area contributed by atoms with E-state index in [1.165, 1.54) is 13.5 Å². The number of halogens is 1. The predicted molar refractivity (Wildman–Crippen MR) is 97.0 cm³/mol. The molecule has 1 aliphatic rings. The molecule has 1 fully saturated rings. The molecule has 0 spiro atoms. The van der Waals surface area contributed by atoms with Crippen molar-refractivity contribution in [2.45, 2.75) is 25.8 Å². The molecule has 0 radical (unpaired) electrons. The minimum atomic E-state index is -0.479. The number of nitrogens with zero attached hydrogens (tertiary/aromatic N) is 2. The molecule has 1 saturated heterocycles. The molecular formula is C18H22ClN3O3. The van der Waals surface area contributed by atoms with Gasteiger partial charge in [-0.15, -0.1) is 0 Å². The average Bonchev–Trinajstić information content (AvgIpc) is 3.26. The molecule has 2 aromatic rings. The number of benzene rings is 1. The molecule has 2 heterocycles. The van der Waals surface area contributed by atoms with Gasteiger partial charge in [0.1, 0.15) is 5.69 Å². The van der Waals surface area contributed by atoms with Crippen LogP contribution in [0.15, 0.2) is 28.8 Å². The third-order valence-electron chi connectivity index (χ3n) is 4.60. The second-order valence-electron chi connectivity index (χ2n) is 6.04. The molecule has 3 rings (SSSR count).